The Kier molecular flexibility index (Phi) is 28.1. The van der Waals surface area contributed by atoms with E-state index in [0.29, 0.717) is 0 Å². The second kappa shape index (κ2) is 28.6. The van der Waals surface area contributed by atoms with Crippen molar-refractivity contribution in [1.82, 2.24) is 0 Å². The van der Waals surface area contributed by atoms with E-state index in [2.05, 4.69) is 25.7 Å². The van der Waals surface area contributed by atoms with E-state index in [1.807, 2.05) is 0 Å². The van der Waals surface area contributed by atoms with Crippen LogP contribution in [0.1, 0.15) is 167 Å². The van der Waals surface area contributed by atoms with Crippen LogP contribution in [0.5, 0.6) is 0 Å². The average molecular weight is 417 g/mol. The first kappa shape index (κ1) is 29.6. The van der Waals surface area contributed by atoms with Crippen LogP contribution in [0.4, 0.5) is 0 Å². The van der Waals surface area contributed by atoms with Crippen molar-refractivity contribution < 1.29 is 0 Å². The molecule has 0 aromatic carbocycles. The molecule has 0 heteroatoms. The fourth-order valence-electron chi connectivity index (χ4n) is 4.14. The zero-order valence-electron chi connectivity index (χ0n) is 20.8. The maximum atomic E-state index is 3.91. The summed E-state index contributed by atoms with van der Waals surface area (Å²) in [5.41, 5.74) is 0. The Hall–Kier alpha value is -0.440. The predicted octanol–water partition coefficient (Wildman–Crippen LogP) is 10.8. The van der Waals surface area contributed by atoms with Gasteiger partial charge in [-0.25, -0.2) is 0 Å². The lowest BCUT2D eigenvalue weighted by atomic mass is 10.0. The van der Waals surface area contributed by atoms with Gasteiger partial charge in [0, 0.05) is 12.8 Å². The first-order valence-corrected chi connectivity index (χ1v) is 14.0. The Morgan fingerprint density at radius 2 is 0.467 bits per heavy atom. The third-order valence-corrected chi connectivity index (χ3v) is 6.23. The summed E-state index contributed by atoms with van der Waals surface area (Å²) >= 11 is 0. The summed E-state index contributed by atoms with van der Waals surface area (Å²) in [6, 6.07) is 0. The lowest BCUT2D eigenvalue weighted by Gasteiger charge is -2.04. The van der Waals surface area contributed by atoms with E-state index >= 15 is 0 Å². The summed E-state index contributed by atoms with van der Waals surface area (Å²) in [5.74, 6) is 6.64. The summed E-state index contributed by atoms with van der Waals surface area (Å²) in [4.78, 5) is 0. The molecule has 0 aromatic heterocycles. The minimum Gasteiger partial charge on any atom is -0.103 e. The molecule has 0 N–H and O–H groups in total. The number of rotatable bonds is 24. The van der Waals surface area contributed by atoms with E-state index in [4.69, 9.17) is 0 Å². The number of unbranched alkanes of at least 4 members (excludes halogenated alkanes) is 24. The SMILES string of the molecule is [CH2]CCCCC#CCCCCCCCCCCCCCCCCCCCCCC[CH2]. The number of hydrogen-bond acceptors (Lipinski definition) is 0. The molecule has 30 heavy (non-hydrogen) atoms. The van der Waals surface area contributed by atoms with Crippen molar-refractivity contribution in [3.8, 4) is 11.8 Å². The maximum Gasteiger partial charge on any atom is 0.00886 e. The summed E-state index contributed by atoms with van der Waals surface area (Å²) in [7, 11) is 0. The highest BCUT2D eigenvalue weighted by Gasteiger charge is 1.95. The third-order valence-electron chi connectivity index (χ3n) is 6.23. The summed E-state index contributed by atoms with van der Waals surface area (Å²) in [6.45, 7) is 7.78. The monoisotopic (exact) mass is 416 g/mol. The lowest BCUT2D eigenvalue weighted by Crippen LogP contribution is -1.84. The highest BCUT2D eigenvalue weighted by atomic mass is 14.0. The second-order valence-corrected chi connectivity index (χ2v) is 9.34. The summed E-state index contributed by atoms with van der Waals surface area (Å²) in [5, 5.41) is 0. The molecular formula is C30H56. The molecule has 0 aliphatic heterocycles. The fourth-order valence-corrected chi connectivity index (χ4v) is 4.14. The van der Waals surface area contributed by atoms with E-state index in [9.17, 15) is 0 Å². The molecule has 0 aliphatic carbocycles. The molecule has 0 spiro atoms. The third kappa shape index (κ3) is 27.6. The van der Waals surface area contributed by atoms with E-state index in [1.54, 1.807) is 0 Å². The van der Waals surface area contributed by atoms with Gasteiger partial charge in [-0.3, -0.25) is 0 Å². The second-order valence-electron chi connectivity index (χ2n) is 9.34. The lowest BCUT2D eigenvalue weighted by molar-refractivity contribution is 0.521. The molecule has 2 radical (unpaired) electrons. The van der Waals surface area contributed by atoms with Crippen LogP contribution in [-0.2, 0) is 0 Å². The molecule has 0 nitrogen and oxygen atoms in total. The van der Waals surface area contributed by atoms with Crippen LogP contribution in [0.15, 0.2) is 0 Å². The van der Waals surface area contributed by atoms with Gasteiger partial charge in [-0.05, 0) is 12.8 Å². The topological polar surface area (TPSA) is 0 Å². The maximum absolute atomic E-state index is 3.91. The first-order valence-electron chi connectivity index (χ1n) is 14.0. The quantitative estimate of drug-likeness (QED) is 0.108. The van der Waals surface area contributed by atoms with Gasteiger partial charge in [-0.15, -0.1) is 11.8 Å². The molecule has 0 aliphatic rings. The minimum absolute atomic E-state index is 1.06. The van der Waals surface area contributed by atoms with Crippen molar-refractivity contribution in [2.24, 2.45) is 0 Å². The molecule has 0 aromatic rings. The van der Waals surface area contributed by atoms with Crippen LogP contribution < -0.4 is 0 Å². The zero-order chi connectivity index (χ0) is 21.8. The summed E-state index contributed by atoms with van der Waals surface area (Å²) in [6.07, 6.45) is 35.6. The Bertz CT molecular complexity index is 345. The van der Waals surface area contributed by atoms with Crippen molar-refractivity contribution >= 4 is 0 Å². The Labute approximate surface area is 192 Å². The van der Waals surface area contributed by atoms with E-state index in [-0.39, 0.29) is 0 Å². The first-order chi connectivity index (χ1) is 14.9. The highest BCUT2D eigenvalue weighted by Crippen LogP contribution is 2.15. The zero-order valence-corrected chi connectivity index (χ0v) is 20.8. The van der Waals surface area contributed by atoms with E-state index in [1.165, 1.54) is 141 Å². The molecular weight excluding hydrogens is 360 g/mol. The van der Waals surface area contributed by atoms with Gasteiger partial charge in [0.1, 0.15) is 0 Å². The normalized spacial score (nSPS) is 10.9. The Morgan fingerprint density at radius 1 is 0.267 bits per heavy atom. The van der Waals surface area contributed by atoms with Gasteiger partial charge in [0.15, 0.2) is 0 Å². The predicted molar refractivity (Wildman–Crippen MR) is 139 cm³/mol. The molecule has 0 unspecified atom stereocenters. The van der Waals surface area contributed by atoms with Gasteiger partial charge < -0.3 is 0 Å². The molecule has 0 saturated heterocycles. The highest BCUT2D eigenvalue weighted by molar-refractivity contribution is 4.98. The fraction of sp³-hybridized carbons (Fsp3) is 0.867. The van der Waals surface area contributed by atoms with Crippen molar-refractivity contribution in [1.29, 1.82) is 0 Å². The molecule has 0 saturated carbocycles. The van der Waals surface area contributed by atoms with Gasteiger partial charge >= 0.3 is 0 Å². The van der Waals surface area contributed by atoms with E-state index in [0.717, 1.165) is 25.7 Å². The minimum atomic E-state index is 1.06. The van der Waals surface area contributed by atoms with Gasteiger partial charge in [-0.2, -0.15) is 0 Å². The molecule has 0 atom stereocenters. The molecule has 176 valence electrons. The molecule has 0 bridgehead atoms. The van der Waals surface area contributed by atoms with Gasteiger partial charge in [0.05, 0.1) is 0 Å². The van der Waals surface area contributed by atoms with Crippen LogP contribution >= 0.6 is 0 Å². The van der Waals surface area contributed by atoms with Gasteiger partial charge in [0.2, 0.25) is 0 Å². The van der Waals surface area contributed by atoms with Crippen LogP contribution in [0.2, 0.25) is 0 Å². The molecule has 0 rings (SSSR count). The Morgan fingerprint density at radius 3 is 0.767 bits per heavy atom. The standard InChI is InChI=1S/C30H56/c1-3-5-7-9-11-13-15-17-19-21-23-25-27-29-30-28-26-24-22-20-18-16-14-12-10-8-6-4-2/h1-11,13,15-30H2. The van der Waals surface area contributed by atoms with Crippen molar-refractivity contribution in [2.75, 3.05) is 0 Å². The smallest absolute Gasteiger partial charge is 0.00886 e. The van der Waals surface area contributed by atoms with Gasteiger partial charge in [-0.1, -0.05) is 155 Å². The largest absolute Gasteiger partial charge is 0.103 e. The van der Waals surface area contributed by atoms with Crippen molar-refractivity contribution in [2.45, 2.75) is 167 Å². The van der Waals surface area contributed by atoms with Crippen LogP contribution in [0.25, 0.3) is 0 Å². The number of hydrogen-bond donors (Lipinski definition) is 0. The van der Waals surface area contributed by atoms with Crippen LogP contribution in [-0.4, -0.2) is 0 Å². The van der Waals surface area contributed by atoms with Crippen LogP contribution in [0, 0.1) is 25.7 Å². The molecule has 0 amide bonds. The van der Waals surface area contributed by atoms with E-state index < -0.39 is 0 Å². The van der Waals surface area contributed by atoms with Crippen LogP contribution in [0.3, 0.4) is 0 Å². The molecule has 0 heterocycles. The average Bonchev–Trinajstić information content (AvgIpc) is 2.76. The summed E-state index contributed by atoms with van der Waals surface area (Å²) < 4.78 is 0. The van der Waals surface area contributed by atoms with Gasteiger partial charge in [0.25, 0.3) is 0 Å². The van der Waals surface area contributed by atoms with Crippen molar-refractivity contribution in [3.63, 3.8) is 0 Å². The van der Waals surface area contributed by atoms with Crippen molar-refractivity contribution in [3.05, 3.63) is 13.8 Å². The Balaban J connectivity index is 3.03. The molecule has 0 fully saturated rings.